The van der Waals surface area contributed by atoms with Gasteiger partial charge in [0.2, 0.25) is 11.9 Å². The summed E-state index contributed by atoms with van der Waals surface area (Å²) < 4.78 is 1.52. The van der Waals surface area contributed by atoms with Crippen LogP contribution in [0.25, 0.3) is 11.0 Å². The molecule has 2 N–H and O–H groups in total. The number of aromatic nitrogens is 2. The minimum Gasteiger partial charge on any atom is -0.369 e. The van der Waals surface area contributed by atoms with E-state index in [0.717, 1.165) is 36.0 Å². The lowest BCUT2D eigenvalue weighted by Gasteiger charge is -2.04. The molecule has 102 valence electrons. The molecule has 0 bridgehead atoms. The predicted octanol–water partition coefficient (Wildman–Crippen LogP) is 3.40. The van der Waals surface area contributed by atoms with Gasteiger partial charge in [-0.1, -0.05) is 29.3 Å². The maximum atomic E-state index is 12.2. The lowest BCUT2D eigenvalue weighted by Crippen LogP contribution is -2.13. The molecule has 0 saturated carbocycles. The Morgan fingerprint density at radius 1 is 1.32 bits per heavy atom. The van der Waals surface area contributed by atoms with Crippen LogP contribution in [-0.2, 0) is 0 Å². The highest BCUT2D eigenvalue weighted by Crippen LogP contribution is 2.18. The molecule has 0 spiro atoms. The zero-order valence-electron chi connectivity index (χ0n) is 10.6. The zero-order chi connectivity index (χ0) is 13.7. The Hall–Kier alpha value is -1.14. The predicted molar refractivity (Wildman–Crippen MR) is 84.7 cm³/mol. The molecule has 0 aliphatic rings. The van der Waals surface area contributed by atoms with Gasteiger partial charge in [0.05, 0.1) is 11.0 Å². The lowest BCUT2D eigenvalue weighted by molar-refractivity contribution is 0.0906. The van der Waals surface area contributed by atoms with E-state index in [1.165, 1.54) is 15.4 Å². The molecule has 2 aromatic rings. The molecule has 19 heavy (non-hydrogen) atoms. The van der Waals surface area contributed by atoms with Crippen molar-refractivity contribution < 1.29 is 4.79 Å². The summed E-state index contributed by atoms with van der Waals surface area (Å²) in [4.78, 5) is 16.4. The molecule has 0 unspecified atom stereocenters. The smallest absolute Gasteiger partial charge is 0.233 e. The summed E-state index contributed by atoms with van der Waals surface area (Å²) >= 11 is 4.09. The van der Waals surface area contributed by atoms with Crippen molar-refractivity contribution in [3.8, 4) is 0 Å². The summed E-state index contributed by atoms with van der Waals surface area (Å²) in [6.07, 6.45) is 3.49. The summed E-state index contributed by atoms with van der Waals surface area (Å²) in [6.45, 7) is 0. The van der Waals surface area contributed by atoms with Crippen LogP contribution in [0.3, 0.4) is 0 Å². The van der Waals surface area contributed by atoms with Gasteiger partial charge < -0.3 is 5.73 Å². The number of nitrogens with two attached hydrogens (primary N) is 1. The molecular formula is C13H17N3OS2. The molecule has 6 heteroatoms. The second kappa shape index (κ2) is 6.86. The first-order chi connectivity index (χ1) is 9.24. The summed E-state index contributed by atoms with van der Waals surface area (Å²) in [7, 11) is 1.54. The minimum absolute atomic E-state index is 0.0183. The molecular weight excluding hydrogens is 278 g/mol. The van der Waals surface area contributed by atoms with E-state index in [1.807, 2.05) is 24.3 Å². The second-order valence-corrected chi connectivity index (χ2v) is 5.77. The van der Waals surface area contributed by atoms with E-state index in [2.05, 4.69) is 16.6 Å². The fourth-order valence-electron chi connectivity index (χ4n) is 2.04. The van der Waals surface area contributed by atoms with E-state index >= 15 is 0 Å². The number of nitrogens with zero attached hydrogens (tertiary/aromatic N) is 2. The van der Waals surface area contributed by atoms with E-state index in [1.54, 1.807) is 0 Å². The molecule has 0 saturated heterocycles. The van der Waals surface area contributed by atoms with E-state index < -0.39 is 0 Å². The highest BCUT2D eigenvalue weighted by Gasteiger charge is 2.13. The fourth-order valence-corrected chi connectivity index (χ4v) is 2.76. The molecule has 1 aromatic carbocycles. The van der Waals surface area contributed by atoms with Gasteiger partial charge in [-0.25, -0.2) is 9.55 Å². The molecule has 2 rings (SSSR count). The fraction of sp³-hybridized carbons (Fsp3) is 0.385. The number of thiol groups is 1. The van der Waals surface area contributed by atoms with Gasteiger partial charge in [-0.05, 0) is 25.0 Å². The summed E-state index contributed by atoms with van der Waals surface area (Å²) in [5.41, 5.74) is 7.38. The molecule has 4 nitrogen and oxygen atoms in total. The number of benzene rings is 1. The van der Waals surface area contributed by atoms with Crippen LogP contribution in [0.1, 0.15) is 30.5 Å². The Morgan fingerprint density at radius 2 is 2.11 bits per heavy atom. The monoisotopic (exact) mass is 295 g/mol. The number of imidazole rings is 1. The largest absolute Gasteiger partial charge is 0.369 e. The van der Waals surface area contributed by atoms with Crippen molar-refractivity contribution in [3.63, 3.8) is 0 Å². The molecule has 1 heterocycles. The summed E-state index contributed by atoms with van der Waals surface area (Å²) in [6, 6.07) is 7.50. The van der Waals surface area contributed by atoms with E-state index in [4.69, 9.17) is 5.73 Å². The Balaban J connectivity index is 2.03. The van der Waals surface area contributed by atoms with Crippen LogP contribution in [0.5, 0.6) is 0 Å². The number of anilines is 1. The van der Waals surface area contributed by atoms with Crippen LogP contribution in [0.2, 0.25) is 0 Å². The Morgan fingerprint density at radius 3 is 2.89 bits per heavy atom. The molecule has 1 aromatic heterocycles. The summed E-state index contributed by atoms with van der Waals surface area (Å²) in [5.74, 6) is 1.31. The third-order valence-electron chi connectivity index (χ3n) is 2.96. The van der Waals surface area contributed by atoms with Crippen LogP contribution < -0.4 is 5.73 Å². The van der Waals surface area contributed by atoms with E-state index in [-0.39, 0.29) is 11.9 Å². The van der Waals surface area contributed by atoms with Gasteiger partial charge in [0.15, 0.2) is 0 Å². The van der Waals surface area contributed by atoms with Crippen molar-refractivity contribution in [2.45, 2.75) is 25.7 Å². The molecule has 0 aliphatic carbocycles. The number of hydrogen-bond acceptors (Lipinski definition) is 5. The van der Waals surface area contributed by atoms with Crippen LogP contribution in [0, 0.1) is 0 Å². The third-order valence-corrected chi connectivity index (χ3v) is 3.98. The van der Waals surface area contributed by atoms with Crippen molar-refractivity contribution in [1.29, 1.82) is 0 Å². The standard InChI is InChI=1S/C13H17N3OS2/c14-13-15-10-6-3-4-7-11(10)16(13)12(17)8-2-1-5-9-19-18/h3-4,6-7,18H,1-2,5,8-9H2,(H2,14,15). The van der Waals surface area contributed by atoms with Gasteiger partial charge in [0, 0.05) is 12.2 Å². The van der Waals surface area contributed by atoms with Crippen molar-refractivity contribution >= 4 is 45.3 Å². The third kappa shape index (κ3) is 3.45. The van der Waals surface area contributed by atoms with Crippen LogP contribution in [0.15, 0.2) is 24.3 Å². The minimum atomic E-state index is 0.0183. The highest BCUT2D eigenvalue weighted by molar-refractivity contribution is 8.68. The van der Waals surface area contributed by atoms with Crippen molar-refractivity contribution in [1.82, 2.24) is 9.55 Å². The highest BCUT2D eigenvalue weighted by atomic mass is 33.1. The molecule has 0 aliphatic heterocycles. The second-order valence-electron chi connectivity index (χ2n) is 4.33. The number of hydrogen-bond donors (Lipinski definition) is 2. The Labute approximate surface area is 121 Å². The van der Waals surface area contributed by atoms with E-state index in [9.17, 15) is 4.79 Å². The molecule has 0 radical (unpaired) electrons. The van der Waals surface area contributed by atoms with Crippen molar-refractivity contribution in [2.24, 2.45) is 0 Å². The van der Waals surface area contributed by atoms with Crippen LogP contribution >= 0.6 is 22.5 Å². The van der Waals surface area contributed by atoms with Gasteiger partial charge in [0.25, 0.3) is 0 Å². The normalized spacial score (nSPS) is 11.0. The number of carbonyl (C=O) groups excluding carboxylic acids is 1. The zero-order valence-corrected chi connectivity index (χ0v) is 12.3. The number of unbranched alkanes of at least 4 members (excludes halogenated alkanes) is 2. The average molecular weight is 295 g/mol. The Bertz CT molecular complexity index is 568. The average Bonchev–Trinajstić information content (AvgIpc) is 2.74. The first-order valence-corrected chi connectivity index (χ1v) is 8.30. The molecule has 0 amide bonds. The summed E-state index contributed by atoms with van der Waals surface area (Å²) in [5, 5.41) is 0. The van der Waals surface area contributed by atoms with Crippen LogP contribution in [0.4, 0.5) is 5.95 Å². The van der Waals surface area contributed by atoms with Gasteiger partial charge in [0.1, 0.15) is 0 Å². The molecule has 0 fully saturated rings. The van der Waals surface area contributed by atoms with Crippen LogP contribution in [-0.4, -0.2) is 21.2 Å². The topological polar surface area (TPSA) is 60.9 Å². The SMILES string of the molecule is Nc1nc2ccccc2n1C(=O)CCCCCSS. The van der Waals surface area contributed by atoms with Gasteiger partial charge >= 0.3 is 0 Å². The van der Waals surface area contributed by atoms with Crippen molar-refractivity contribution in [3.05, 3.63) is 24.3 Å². The van der Waals surface area contributed by atoms with Gasteiger partial charge in [-0.15, -0.1) is 11.7 Å². The molecule has 0 atom stereocenters. The number of fused-ring (bicyclic) bond motifs is 1. The first-order valence-electron chi connectivity index (χ1n) is 6.26. The number of rotatable bonds is 6. The number of carbonyl (C=O) groups is 1. The maximum absolute atomic E-state index is 12.2. The first kappa shape index (κ1) is 14.3. The lowest BCUT2D eigenvalue weighted by atomic mass is 10.2. The number of para-hydroxylation sites is 2. The van der Waals surface area contributed by atoms with Gasteiger partial charge in [-0.3, -0.25) is 4.79 Å². The van der Waals surface area contributed by atoms with E-state index in [0.29, 0.717) is 6.42 Å². The quantitative estimate of drug-likeness (QED) is 0.487. The maximum Gasteiger partial charge on any atom is 0.233 e. The van der Waals surface area contributed by atoms with Crippen molar-refractivity contribution in [2.75, 3.05) is 11.5 Å². The Kier molecular flexibility index (Phi) is 5.15. The number of nitrogen functional groups attached to an aromatic ring is 1. The van der Waals surface area contributed by atoms with Gasteiger partial charge in [-0.2, -0.15) is 0 Å².